The lowest BCUT2D eigenvalue weighted by Gasteiger charge is -2.33. The van der Waals surface area contributed by atoms with E-state index in [1.807, 2.05) is 20.8 Å². The number of hydrogen-bond donors (Lipinski definition) is 1. The first-order valence-electron chi connectivity index (χ1n) is 13.7. The summed E-state index contributed by atoms with van der Waals surface area (Å²) in [4.78, 5) is 28.8. The SMILES string of the molecule is CCCNC(=O)C(CC)N(Cc1ccc(Cl)cc1)C(=O)CN(c1ccccc1OCC)S(=O)(=O)c1ccc(C)cc1. The molecule has 0 fully saturated rings. The number of anilines is 1. The van der Waals surface area contributed by atoms with Crippen molar-refractivity contribution in [3.63, 3.8) is 0 Å². The predicted molar refractivity (Wildman–Crippen MR) is 163 cm³/mol. The number of aryl methyl sites for hydroxylation is 1. The molecule has 3 aromatic rings. The van der Waals surface area contributed by atoms with Gasteiger partial charge in [-0.2, -0.15) is 0 Å². The van der Waals surface area contributed by atoms with Crippen molar-refractivity contribution in [2.24, 2.45) is 0 Å². The highest BCUT2D eigenvalue weighted by Gasteiger charge is 2.34. The molecule has 0 bridgehead atoms. The summed E-state index contributed by atoms with van der Waals surface area (Å²) < 4.78 is 35.0. The molecule has 0 spiro atoms. The Balaban J connectivity index is 2.09. The molecular formula is C31H38ClN3O5S. The Morgan fingerprint density at radius 2 is 1.61 bits per heavy atom. The molecule has 10 heteroatoms. The van der Waals surface area contributed by atoms with Crippen LogP contribution in [0.25, 0.3) is 0 Å². The number of benzene rings is 3. The third-order valence-electron chi connectivity index (χ3n) is 6.52. The summed E-state index contributed by atoms with van der Waals surface area (Å²) in [6.07, 6.45) is 1.08. The fraction of sp³-hybridized carbons (Fsp3) is 0.355. The van der Waals surface area contributed by atoms with Gasteiger partial charge >= 0.3 is 0 Å². The van der Waals surface area contributed by atoms with Gasteiger partial charge in [-0.25, -0.2) is 8.42 Å². The minimum atomic E-state index is -4.20. The van der Waals surface area contributed by atoms with Crippen molar-refractivity contribution in [3.05, 3.63) is 88.9 Å². The van der Waals surface area contributed by atoms with Crippen LogP contribution in [0.3, 0.4) is 0 Å². The first-order valence-corrected chi connectivity index (χ1v) is 15.6. The molecule has 1 N–H and O–H groups in total. The Kier molecular flexibility index (Phi) is 11.6. The molecule has 8 nitrogen and oxygen atoms in total. The van der Waals surface area contributed by atoms with Crippen LogP contribution in [0.5, 0.6) is 5.75 Å². The van der Waals surface area contributed by atoms with Crippen molar-refractivity contribution in [2.45, 2.75) is 58.0 Å². The van der Waals surface area contributed by atoms with E-state index >= 15 is 0 Å². The van der Waals surface area contributed by atoms with Gasteiger partial charge in [0.25, 0.3) is 10.0 Å². The highest BCUT2D eigenvalue weighted by Crippen LogP contribution is 2.33. The minimum absolute atomic E-state index is 0.0409. The average Bonchev–Trinajstić information content (AvgIpc) is 2.96. The summed E-state index contributed by atoms with van der Waals surface area (Å²) in [5.41, 5.74) is 1.89. The molecule has 3 rings (SSSR count). The number of nitrogens with zero attached hydrogens (tertiary/aromatic N) is 2. The number of halogens is 1. The number of carbonyl (C=O) groups is 2. The van der Waals surface area contributed by atoms with Gasteiger partial charge in [0.15, 0.2) is 0 Å². The highest BCUT2D eigenvalue weighted by atomic mass is 35.5. The lowest BCUT2D eigenvalue weighted by molar-refractivity contribution is -0.140. The van der Waals surface area contributed by atoms with Gasteiger partial charge in [-0.05, 0) is 68.7 Å². The van der Waals surface area contributed by atoms with Crippen LogP contribution in [0.2, 0.25) is 5.02 Å². The van der Waals surface area contributed by atoms with E-state index in [1.165, 1.54) is 17.0 Å². The van der Waals surface area contributed by atoms with Gasteiger partial charge in [-0.1, -0.05) is 67.4 Å². The molecule has 220 valence electrons. The van der Waals surface area contributed by atoms with Crippen LogP contribution in [0, 0.1) is 6.92 Å². The van der Waals surface area contributed by atoms with Gasteiger partial charge in [0.2, 0.25) is 11.8 Å². The fourth-order valence-corrected chi connectivity index (χ4v) is 5.91. The number of rotatable bonds is 14. The van der Waals surface area contributed by atoms with Gasteiger partial charge in [0.1, 0.15) is 18.3 Å². The minimum Gasteiger partial charge on any atom is -0.492 e. The summed E-state index contributed by atoms with van der Waals surface area (Å²) in [6, 6.07) is 19.3. The predicted octanol–water partition coefficient (Wildman–Crippen LogP) is 5.58. The number of hydrogen-bond acceptors (Lipinski definition) is 5. The molecule has 0 aliphatic carbocycles. The van der Waals surface area contributed by atoms with E-state index < -0.39 is 28.5 Å². The zero-order chi connectivity index (χ0) is 30.0. The van der Waals surface area contributed by atoms with Crippen LogP contribution < -0.4 is 14.4 Å². The maximum absolute atomic E-state index is 14.2. The molecule has 0 aliphatic rings. The van der Waals surface area contributed by atoms with Crippen LogP contribution in [-0.2, 0) is 26.2 Å². The van der Waals surface area contributed by atoms with Crippen LogP contribution in [0.1, 0.15) is 44.7 Å². The zero-order valence-electron chi connectivity index (χ0n) is 24.0. The summed E-state index contributed by atoms with van der Waals surface area (Å²) in [5, 5.41) is 3.42. The van der Waals surface area contributed by atoms with Crippen molar-refractivity contribution in [2.75, 3.05) is 24.0 Å². The molecule has 0 aliphatic heterocycles. The van der Waals surface area contributed by atoms with E-state index in [0.29, 0.717) is 30.3 Å². The maximum atomic E-state index is 14.2. The van der Waals surface area contributed by atoms with Gasteiger partial charge < -0.3 is 15.0 Å². The van der Waals surface area contributed by atoms with Gasteiger partial charge in [-0.3, -0.25) is 13.9 Å². The topological polar surface area (TPSA) is 96.0 Å². The molecule has 0 saturated carbocycles. The molecule has 0 radical (unpaired) electrons. The summed E-state index contributed by atoms with van der Waals surface area (Å²) in [5.74, 6) is -0.491. The first-order chi connectivity index (χ1) is 19.6. The van der Waals surface area contributed by atoms with Crippen LogP contribution >= 0.6 is 11.6 Å². The van der Waals surface area contributed by atoms with Crippen molar-refractivity contribution < 1.29 is 22.7 Å². The van der Waals surface area contributed by atoms with Crippen LogP contribution in [-0.4, -0.2) is 50.9 Å². The Labute approximate surface area is 248 Å². The molecule has 3 aromatic carbocycles. The number of para-hydroxylation sites is 2. The second kappa shape index (κ2) is 14.9. The number of sulfonamides is 1. The number of ether oxygens (including phenoxy) is 1. The molecule has 0 heterocycles. The van der Waals surface area contributed by atoms with Gasteiger partial charge in [0.05, 0.1) is 17.2 Å². The van der Waals surface area contributed by atoms with Gasteiger partial charge in [0, 0.05) is 18.1 Å². The lowest BCUT2D eigenvalue weighted by Crippen LogP contribution is -2.52. The molecule has 41 heavy (non-hydrogen) atoms. The molecular weight excluding hydrogens is 562 g/mol. The Morgan fingerprint density at radius 1 is 0.951 bits per heavy atom. The monoisotopic (exact) mass is 599 g/mol. The molecule has 2 amide bonds. The van der Waals surface area contributed by atoms with E-state index in [2.05, 4.69) is 5.32 Å². The summed E-state index contributed by atoms with van der Waals surface area (Å²) >= 11 is 6.07. The maximum Gasteiger partial charge on any atom is 0.264 e. The Bertz CT molecular complexity index is 1410. The highest BCUT2D eigenvalue weighted by molar-refractivity contribution is 7.92. The van der Waals surface area contributed by atoms with E-state index in [9.17, 15) is 18.0 Å². The normalized spacial score (nSPS) is 11.9. The zero-order valence-corrected chi connectivity index (χ0v) is 25.5. The van der Waals surface area contributed by atoms with Crippen molar-refractivity contribution in [3.8, 4) is 5.75 Å². The summed E-state index contributed by atoms with van der Waals surface area (Å²) in [6.45, 7) is 7.77. The van der Waals surface area contributed by atoms with E-state index in [1.54, 1.807) is 67.6 Å². The smallest absolute Gasteiger partial charge is 0.264 e. The van der Waals surface area contributed by atoms with E-state index in [4.69, 9.17) is 16.3 Å². The molecule has 1 unspecified atom stereocenters. The average molecular weight is 600 g/mol. The van der Waals surface area contributed by atoms with E-state index in [0.717, 1.165) is 21.9 Å². The number of carbonyl (C=O) groups excluding carboxylic acids is 2. The van der Waals surface area contributed by atoms with Crippen LogP contribution in [0.15, 0.2) is 77.7 Å². The quantitative estimate of drug-likeness (QED) is 0.261. The van der Waals surface area contributed by atoms with Gasteiger partial charge in [-0.15, -0.1) is 0 Å². The third kappa shape index (κ3) is 8.24. The number of nitrogens with one attached hydrogen (secondary N) is 1. The fourth-order valence-electron chi connectivity index (χ4n) is 4.36. The second-order valence-electron chi connectivity index (χ2n) is 9.59. The van der Waals surface area contributed by atoms with Crippen molar-refractivity contribution in [1.29, 1.82) is 0 Å². The largest absolute Gasteiger partial charge is 0.492 e. The standard InChI is InChI=1S/C31H38ClN3O5S/c1-5-20-33-31(37)27(6-2)34(21-24-14-16-25(32)17-15-24)30(36)22-35(28-10-8-9-11-29(28)40-7-3)41(38,39)26-18-12-23(4)13-19-26/h8-19,27H,5-7,20-22H2,1-4H3,(H,33,37). The number of amides is 2. The summed E-state index contributed by atoms with van der Waals surface area (Å²) in [7, 11) is -4.20. The third-order valence-corrected chi connectivity index (χ3v) is 8.55. The van der Waals surface area contributed by atoms with Crippen LogP contribution in [0.4, 0.5) is 5.69 Å². The molecule has 0 saturated heterocycles. The second-order valence-corrected chi connectivity index (χ2v) is 11.9. The van der Waals surface area contributed by atoms with Crippen molar-refractivity contribution in [1.82, 2.24) is 10.2 Å². The Hall–Kier alpha value is -3.56. The van der Waals surface area contributed by atoms with Crippen molar-refractivity contribution >= 4 is 39.1 Å². The lowest BCUT2D eigenvalue weighted by atomic mass is 10.1. The molecule has 0 aromatic heterocycles. The van der Waals surface area contributed by atoms with E-state index in [-0.39, 0.29) is 23.0 Å². The first kappa shape index (κ1) is 32.0. The molecule has 1 atom stereocenters. The Morgan fingerprint density at radius 3 is 2.22 bits per heavy atom.